The van der Waals surface area contributed by atoms with Crippen LogP contribution in [-0.4, -0.2) is 4.98 Å². The van der Waals surface area contributed by atoms with Gasteiger partial charge in [0.05, 0.1) is 17.3 Å². The molecule has 0 atom stereocenters. The van der Waals surface area contributed by atoms with E-state index in [0.29, 0.717) is 5.56 Å². The van der Waals surface area contributed by atoms with Gasteiger partial charge >= 0.3 is 0 Å². The number of rotatable bonds is 3. The first-order valence-electron chi connectivity index (χ1n) is 7.05. The van der Waals surface area contributed by atoms with Crippen LogP contribution in [0.1, 0.15) is 16.8 Å². The molecule has 1 heterocycles. The standard InChI is InChI=1S/C20H14N2/c21-15-18-7-1-2-10-20(18)17-8-5-6-16(14-17)11-12-19-9-3-4-13-22-19/h1-14H/b12-11+. The van der Waals surface area contributed by atoms with Gasteiger partial charge < -0.3 is 0 Å². The van der Waals surface area contributed by atoms with Crippen molar-refractivity contribution in [2.45, 2.75) is 0 Å². The summed E-state index contributed by atoms with van der Waals surface area (Å²) in [6.45, 7) is 0. The van der Waals surface area contributed by atoms with Crippen LogP contribution in [0.15, 0.2) is 72.9 Å². The maximum Gasteiger partial charge on any atom is 0.0998 e. The molecule has 1 aromatic heterocycles. The number of benzene rings is 2. The van der Waals surface area contributed by atoms with Crippen LogP contribution in [-0.2, 0) is 0 Å². The highest BCUT2D eigenvalue weighted by Gasteiger charge is 2.03. The van der Waals surface area contributed by atoms with Crippen molar-refractivity contribution in [3.8, 4) is 17.2 Å². The average molecular weight is 282 g/mol. The van der Waals surface area contributed by atoms with Gasteiger partial charge in [-0.15, -0.1) is 0 Å². The van der Waals surface area contributed by atoms with E-state index >= 15 is 0 Å². The predicted octanol–water partition coefficient (Wildman–Crippen LogP) is 4.79. The molecular weight excluding hydrogens is 268 g/mol. The van der Waals surface area contributed by atoms with E-state index in [-0.39, 0.29) is 0 Å². The molecule has 0 saturated heterocycles. The number of nitrogens with zero attached hydrogens (tertiary/aromatic N) is 2. The molecule has 104 valence electrons. The van der Waals surface area contributed by atoms with E-state index in [9.17, 15) is 5.26 Å². The second-order valence-corrected chi connectivity index (χ2v) is 4.87. The van der Waals surface area contributed by atoms with Crippen LogP contribution in [0.25, 0.3) is 23.3 Å². The smallest absolute Gasteiger partial charge is 0.0998 e. The van der Waals surface area contributed by atoms with Crippen LogP contribution in [0, 0.1) is 11.3 Å². The Labute approximate surface area is 130 Å². The second-order valence-electron chi connectivity index (χ2n) is 4.87. The Bertz CT molecular complexity index is 843. The molecular formula is C20H14N2. The summed E-state index contributed by atoms with van der Waals surface area (Å²) in [5.74, 6) is 0. The first-order valence-corrected chi connectivity index (χ1v) is 7.05. The molecule has 0 fully saturated rings. The minimum Gasteiger partial charge on any atom is -0.257 e. The van der Waals surface area contributed by atoms with Crippen molar-refractivity contribution in [1.29, 1.82) is 5.26 Å². The normalized spacial score (nSPS) is 10.5. The van der Waals surface area contributed by atoms with Crippen LogP contribution < -0.4 is 0 Å². The molecule has 0 bridgehead atoms. The van der Waals surface area contributed by atoms with Crippen molar-refractivity contribution >= 4 is 12.2 Å². The number of pyridine rings is 1. The zero-order chi connectivity index (χ0) is 15.2. The zero-order valence-electron chi connectivity index (χ0n) is 12.0. The van der Waals surface area contributed by atoms with Gasteiger partial charge in [-0.3, -0.25) is 4.98 Å². The molecule has 2 aromatic carbocycles. The molecule has 3 rings (SSSR count). The number of nitriles is 1. The first kappa shape index (κ1) is 13.8. The summed E-state index contributed by atoms with van der Waals surface area (Å²) >= 11 is 0. The molecule has 0 amide bonds. The summed E-state index contributed by atoms with van der Waals surface area (Å²) in [5.41, 5.74) is 4.69. The number of aromatic nitrogens is 1. The van der Waals surface area contributed by atoms with Crippen LogP contribution >= 0.6 is 0 Å². The SMILES string of the molecule is N#Cc1ccccc1-c1cccc(/C=C/c2ccccn2)c1. The van der Waals surface area contributed by atoms with Gasteiger partial charge in [-0.1, -0.05) is 48.5 Å². The Morgan fingerprint density at radius 2 is 1.73 bits per heavy atom. The summed E-state index contributed by atoms with van der Waals surface area (Å²) < 4.78 is 0. The lowest BCUT2D eigenvalue weighted by molar-refractivity contribution is 1.30. The molecule has 2 heteroatoms. The van der Waals surface area contributed by atoms with E-state index in [2.05, 4.69) is 17.1 Å². The first-order chi connectivity index (χ1) is 10.9. The van der Waals surface area contributed by atoms with Gasteiger partial charge in [0.25, 0.3) is 0 Å². The Morgan fingerprint density at radius 3 is 2.55 bits per heavy atom. The summed E-state index contributed by atoms with van der Waals surface area (Å²) in [7, 11) is 0. The van der Waals surface area contributed by atoms with Crippen LogP contribution in [0.5, 0.6) is 0 Å². The zero-order valence-corrected chi connectivity index (χ0v) is 12.0. The minimum atomic E-state index is 0.688. The van der Waals surface area contributed by atoms with E-state index in [1.165, 1.54) is 0 Å². The molecule has 2 nitrogen and oxygen atoms in total. The Morgan fingerprint density at radius 1 is 0.864 bits per heavy atom. The second kappa shape index (κ2) is 6.51. The van der Waals surface area contributed by atoms with E-state index in [4.69, 9.17) is 0 Å². The van der Waals surface area contributed by atoms with Gasteiger partial charge in [0.2, 0.25) is 0 Å². The largest absolute Gasteiger partial charge is 0.257 e. The highest BCUT2D eigenvalue weighted by molar-refractivity contribution is 5.75. The fraction of sp³-hybridized carbons (Fsp3) is 0. The molecule has 0 N–H and O–H groups in total. The van der Waals surface area contributed by atoms with Gasteiger partial charge in [0, 0.05) is 6.20 Å². The third kappa shape index (κ3) is 3.11. The number of hydrogen-bond donors (Lipinski definition) is 0. The summed E-state index contributed by atoms with van der Waals surface area (Å²) in [5, 5.41) is 9.23. The van der Waals surface area contributed by atoms with Gasteiger partial charge in [-0.25, -0.2) is 0 Å². The third-order valence-electron chi connectivity index (χ3n) is 3.38. The topological polar surface area (TPSA) is 36.7 Å². The summed E-state index contributed by atoms with van der Waals surface area (Å²) in [6, 6.07) is 23.9. The maximum atomic E-state index is 9.23. The number of hydrogen-bond acceptors (Lipinski definition) is 2. The molecule has 3 aromatic rings. The Hall–Kier alpha value is -3.18. The van der Waals surface area contributed by atoms with Gasteiger partial charge in [-0.2, -0.15) is 5.26 Å². The molecule has 0 aliphatic heterocycles. The maximum absolute atomic E-state index is 9.23. The lowest BCUT2D eigenvalue weighted by Crippen LogP contribution is -1.84. The fourth-order valence-electron chi connectivity index (χ4n) is 2.30. The Kier molecular flexibility index (Phi) is 4.08. The molecule has 0 radical (unpaired) electrons. The van der Waals surface area contributed by atoms with Crippen LogP contribution in [0.2, 0.25) is 0 Å². The molecule has 0 aliphatic rings. The van der Waals surface area contributed by atoms with Gasteiger partial charge in [0.15, 0.2) is 0 Å². The van der Waals surface area contributed by atoms with E-state index in [0.717, 1.165) is 22.4 Å². The molecule has 0 unspecified atom stereocenters. The van der Waals surface area contributed by atoms with E-state index in [1.807, 2.05) is 72.8 Å². The lowest BCUT2D eigenvalue weighted by atomic mass is 9.98. The molecule has 0 aliphatic carbocycles. The molecule has 22 heavy (non-hydrogen) atoms. The lowest BCUT2D eigenvalue weighted by Gasteiger charge is -2.05. The van der Waals surface area contributed by atoms with E-state index in [1.54, 1.807) is 6.20 Å². The third-order valence-corrected chi connectivity index (χ3v) is 3.38. The minimum absolute atomic E-state index is 0.688. The monoisotopic (exact) mass is 282 g/mol. The molecule has 0 spiro atoms. The summed E-state index contributed by atoms with van der Waals surface area (Å²) in [4.78, 5) is 4.27. The molecule has 0 saturated carbocycles. The summed E-state index contributed by atoms with van der Waals surface area (Å²) in [6.07, 6.45) is 5.79. The van der Waals surface area contributed by atoms with Crippen molar-refractivity contribution in [3.05, 3.63) is 89.7 Å². The van der Waals surface area contributed by atoms with Crippen molar-refractivity contribution in [2.75, 3.05) is 0 Å². The van der Waals surface area contributed by atoms with Crippen molar-refractivity contribution < 1.29 is 0 Å². The van der Waals surface area contributed by atoms with Crippen LogP contribution in [0.4, 0.5) is 0 Å². The fourth-order valence-corrected chi connectivity index (χ4v) is 2.30. The quantitative estimate of drug-likeness (QED) is 0.692. The Balaban J connectivity index is 1.94. The van der Waals surface area contributed by atoms with Crippen molar-refractivity contribution in [3.63, 3.8) is 0 Å². The predicted molar refractivity (Wildman–Crippen MR) is 89.8 cm³/mol. The van der Waals surface area contributed by atoms with Gasteiger partial charge in [0.1, 0.15) is 0 Å². The van der Waals surface area contributed by atoms with Gasteiger partial charge in [-0.05, 0) is 47.0 Å². The van der Waals surface area contributed by atoms with Crippen LogP contribution in [0.3, 0.4) is 0 Å². The van der Waals surface area contributed by atoms with E-state index < -0.39 is 0 Å². The van der Waals surface area contributed by atoms with Crippen molar-refractivity contribution in [1.82, 2.24) is 4.98 Å². The highest BCUT2D eigenvalue weighted by Crippen LogP contribution is 2.24. The average Bonchev–Trinajstić information content (AvgIpc) is 2.61. The highest BCUT2D eigenvalue weighted by atomic mass is 14.6. The van der Waals surface area contributed by atoms with Crippen molar-refractivity contribution in [2.24, 2.45) is 0 Å².